The SMILES string of the molecule is O=C(Nc1ccc(-c2c[nH]c(=O)[nH]2)cc1)c1nc2n(n1)CCCN2. The van der Waals surface area contributed by atoms with E-state index in [0.29, 0.717) is 17.3 Å². The minimum absolute atomic E-state index is 0.137. The number of hydrogen-bond acceptors (Lipinski definition) is 5. The highest BCUT2D eigenvalue weighted by Crippen LogP contribution is 2.19. The number of benzene rings is 1. The Morgan fingerprint density at radius 3 is 2.79 bits per heavy atom. The van der Waals surface area contributed by atoms with Crippen LogP contribution < -0.4 is 16.3 Å². The third kappa shape index (κ3) is 2.67. The first-order valence-corrected chi connectivity index (χ1v) is 7.57. The zero-order chi connectivity index (χ0) is 16.5. The lowest BCUT2D eigenvalue weighted by atomic mass is 10.1. The van der Waals surface area contributed by atoms with Crippen molar-refractivity contribution in [2.75, 3.05) is 17.2 Å². The second-order valence-electron chi connectivity index (χ2n) is 5.45. The molecule has 1 amide bonds. The molecule has 0 saturated carbocycles. The van der Waals surface area contributed by atoms with E-state index in [0.717, 1.165) is 25.1 Å². The maximum absolute atomic E-state index is 12.3. The van der Waals surface area contributed by atoms with Crippen molar-refractivity contribution >= 4 is 17.5 Å². The average Bonchev–Trinajstić information content (AvgIpc) is 3.21. The highest BCUT2D eigenvalue weighted by atomic mass is 16.2. The summed E-state index contributed by atoms with van der Waals surface area (Å²) >= 11 is 0. The first kappa shape index (κ1) is 14.2. The van der Waals surface area contributed by atoms with Gasteiger partial charge in [-0.25, -0.2) is 9.48 Å². The highest BCUT2D eigenvalue weighted by molar-refractivity contribution is 6.01. The number of aromatic amines is 2. The van der Waals surface area contributed by atoms with E-state index in [1.807, 2.05) is 12.1 Å². The van der Waals surface area contributed by atoms with E-state index in [9.17, 15) is 9.59 Å². The summed E-state index contributed by atoms with van der Waals surface area (Å²) in [6, 6.07) is 7.13. The molecule has 4 rings (SSSR count). The Kier molecular flexibility index (Phi) is 3.38. The molecule has 24 heavy (non-hydrogen) atoms. The fraction of sp³-hybridized carbons (Fsp3) is 0.200. The van der Waals surface area contributed by atoms with Crippen LogP contribution in [0.2, 0.25) is 0 Å². The highest BCUT2D eigenvalue weighted by Gasteiger charge is 2.18. The number of rotatable bonds is 3. The number of carbonyl (C=O) groups excluding carboxylic acids is 1. The molecule has 9 nitrogen and oxygen atoms in total. The second-order valence-corrected chi connectivity index (χ2v) is 5.45. The molecule has 3 aromatic rings. The maximum Gasteiger partial charge on any atom is 0.323 e. The number of carbonyl (C=O) groups is 1. The van der Waals surface area contributed by atoms with Crippen LogP contribution in [0.15, 0.2) is 35.3 Å². The smallest absolute Gasteiger partial charge is 0.323 e. The fourth-order valence-corrected chi connectivity index (χ4v) is 2.56. The van der Waals surface area contributed by atoms with Gasteiger partial charge in [-0.05, 0) is 24.1 Å². The summed E-state index contributed by atoms with van der Waals surface area (Å²) in [5.74, 6) is 0.401. The summed E-state index contributed by atoms with van der Waals surface area (Å²) in [5.41, 5.74) is 1.90. The number of fused-ring (bicyclic) bond motifs is 1. The Bertz CT molecular complexity index is 912. The van der Waals surface area contributed by atoms with Crippen LogP contribution in [0.3, 0.4) is 0 Å². The second kappa shape index (κ2) is 5.69. The lowest BCUT2D eigenvalue weighted by Gasteiger charge is -2.12. The van der Waals surface area contributed by atoms with Gasteiger partial charge >= 0.3 is 5.69 Å². The first-order chi connectivity index (χ1) is 11.7. The van der Waals surface area contributed by atoms with Crippen molar-refractivity contribution < 1.29 is 4.79 Å². The minimum Gasteiger partial charge on any atom is -0.354 e. The molecular formula is C15H15N7O2. The van der Waals surface area contributed by atoms with Crippen LogP contribution in [0.4, 0.5) is 11.6 Å². The molecule has 4 N–H and O–H groups in total. The molecule has 1 aliphatic heterocycles. The molecule has 0 spiro atoms. The summed E-state index contributed by atoms with van der Waals surface area (Å²) in [6.07, 6.45) is 2.56. The van der Waals surface area contributed by atoms with Gasteiger partial charge in [0.05, 0.1) is 5.69 Å². The largest absolute Gasteiger partial charge is 0.354 e. The predicted molar refractivity (Wildman–Crippen MR) is 87.9 cm³/mol. The Morgan fingerprint density at radius 2 is 2.08 bits per heavy atom. The van der Waals surface area contributed by atoms with Crippen molar-refractivity contribution in [3.63, 3.8) is 0 Å². The van der Waals surface area contributed by atoms with Crippen molar-refractivity contribution in [2.24, 2.45) is 0 Å². The van der Waals surface area contributed by atoms with Crippen molar-refractivity contribution in [1.82, 2.24) is 24.7 Å². The molecule has 0 unspecified atom stereocenters. The van der Waals surface area contributed by atoms with Crippen LogP contribution in [-0.4, -0.2) is 37.2 Å². The third-order valence-corrected chi connectivity index (χ3v) is 3.75. The molecule has 1 aromatic carbocycles. The number of anilines is 2. The van der Waals surface area contributed by atoms with Crippen LogP contribution in [0.5, 0.6) is 0 Å². The predicted octanol–water partition coefficient (Wildman–Crippen LogP) is 1.03. The number of amides is 1. The van der Waals surface area contributed by atoms with Crippen molar-refractivity contribution in [1.29, 1.82) is 0 Å². The van der Waals surface area contributed by atoms with Crippen LogP contribution in [0.1, 0.15) is 17.0 Å². The summed E-state index contributed by atoms with van der Waals surface area (Å²) < 4.78 is 1.70. The van der Waals surface area contributed by atoms with Gasteiger partial charge in [0.1, 0.15) is 0 Å². The molecule has 3 heterocycles. The lowest BCUT2D eigenvalue weighted by molar-refractivity contribution is 0.101. The third-order valence-electron chi connectivity index (χ3n) is 3.75. The van der Waals surface area contributed by atoms with Gasteiger partial charge in [-0.2, -0.15) is 4.98 Å². The summed E-state index contributed by atoms with van der Waals surface area (Å²) in [6.45, 7) is 1.59. The summed E-state index contributed by atoms with van der Waals surface area (Å²) in [5, 5.41) is 10.1. The Hall–Kier alpha value is -3.36. The Morgan fingerprint density at radius 1 is 1.25 bits per heavy atom. The molecule has 0 saturated heterocycles. The molecule has 1 aliphatic rings. The van der Waals surface area contributed by atoms with Gasteiger partial charge in [-0.1, -0.05) is 12.1 Å². The molecule has 9 heteroatoms. The van der Waals surface area contributed by atoms with Gasteiger partial charge in [-0.3, -0.25) is 4.79 Å². The van der Waals surface area contributed by atoms with Gasteiger partial charge in [0.2, 0.25) is 11.8 Å². The number of aryl methyl sites for hydroxylation is 1. The molecular weight excluding hydrogens is 310 g/mol. The zero-order valence-corrected chi connectivity index (χ0v) is 12.7. The molecule has 0 bridgehead atoms. The Balaban J connectivity index is 1.49. The quantitative estimate of drug-likeness (QED) is 0.573. The average molecular weight is 325 g/mol. The van der Waals surface area contributed by atoms with Crippen molar-refractivity contribution in [3.05, 3.63) is 46.8 Å². The van der Waals surface area contributed by atoms with Crippen LogP contribution in [0, 0.1) is 0 Å². The van der Waals surface area contributed by atoms with E-state index >= 15 is 0 Å². The number of hydrogen-bond donors (Lipinski definition) is 4. The first-order valence-electron chi connectivity index (χ1n) is 7.57. The molecule has 122 valence electrons. The molecule has 0 aliphatic carbocycles. The van der Waals surface area contributed by atoms with E-state index < -0.39 is 0 Å². The number of nitrogens with one attached hydrogen (secondary N) is 4. The van der Waals surface area contributed by atoms with E-state index in [1.165, 1.54) is 0 Å². The van der Waals surface area contributed by atoms with Gasteiger partial charge in [0.25, 0.3) is 5.91 Å². The standard InChI is InChI=1S/C15H15N7O2/c23-13(12-20-14-16-6-1-7-22(14)21-12)18-10-4-2-9(3-5-10)11-8-17-15(24)19-11/h2-5,8H,1,6-7H2,(H,18,23)(H,16,20,21)(H2,17,19,24). The van der Waals surface area contributed by atoms with Crippen LogP contribution >= 0.6 is 0 Å². The van der Waals surface area contributed by atoms with E-state index in [1.54, 1.807) is 23.0 Å². The zero-order valence-electron chi connectivity index (χ0n) is 12.7. The normalized spacial score (nSPS) is 13.2. The molecule has 0 fully saturated rings. The number of H-pyrrole nitrogens is 2. The Labute approximate surface area is 136 Å². The van der Waals surface area contributed by atoms with Gasteiger partial charge in [0.15, 0.2) is 0 Å². The van der Waals surface area contributed by atoms with Gasteiger partial charge in [0, 0.05) is 25.0 Å². The maximum atomic E-state index is 12.3. The van der Waals surface area contributed by atoms with Gasteiger partial charge in [-0.15, -0.1) is 5.10 Å². The lowest BCUT2D eigenvalue weighted by Crippen LogP contribution is -2.18. The van der Waals surface area contributed by atoms with Crippen molar-refractivity contribution in [2.45, 2.75) is 13.0 Å². The van der Waals surface area contributed by atoms with E-state index in [-0.39, 0.29) is 17.4 Å². The fourth-order valence-electron chi connectivity index (χ4n) is 2.56. The topological polar surface area (TPSA) is 120 Å². The van der Waals surface area contributed by atoms with E-state index in [4.69, 9.17) is 0 Å². The molecule has 0 atom stereocenters. The van der Waals surface area contributed by atoms with E-state index in [2.05, 4.69) is 30.7 Å². The number of nitrogens with zero attached hydrogens (tertiary/aromatic N) is 3. The number of aromatic nitrogens is 5. The summed E-state index contributed by atoms with van der Waals surface area (Å²) in [7, 11) is 0. The molecule has 2 aromatic heterocycles. The summed E-state index contributed by atoms with van der Waals surface area (Å²) in [4.78, 5) is 32.8. The van der Waals surface area contributed by atoms with Crippen molar-refractivity contribution in [3.8, 4) is 11.3 Å². The van der Waals surface area contributed by atoms with Crippen LogP contribution in [0.25, 0.3) is 11.3 Å². The monoisotopic (exact) mass is 325 g/mol. The number of imidazole rings is 1. The minimum atomic E-state index is -0.360. The van der Waals surface area contributed by atoms with Gasteiger partial charge < -0.3 is 20.6 Å². The van der Waals surface area contributed by atoms with Crippen LogP contribution in [-0.2, 0) is 6.54 Å². The molecule has 0 radical (unpaired) electrons.